The third-order valence-corrected chi connectivity index (χ3v) is 8.69. The summed E-state index contributed by atoms with van der Waals surface area (Å²) in [5, 5.41) is 22.1. The van der Waals surface area contributed by atoms with Crippen molar-refractivity contribution in [2.75, 3.05) is 62.7 Å². The van der Waals surface area contributed by atoms with Crippen LogP contribution in [0.2, 0.25) is 0 Å². The summed E-state index contributed by atoms with van der Waals surface area (Å²) in [5.74, 6) is 1.34. The van der Waals surface area contributed by atoms with E-state index in [0.29, 0.717) is 44.7 Å². The highest BCUT2D eigenvalue weighted by Gasteiger charge is 2.33. The van der Waals surface area contributed by atoms with Crippen LogP contribution >= 0.6 is 0 Å². The van der Waals surface area contributed by atoms with Crippen LogP contribution in [0.1, 0.15) is 24.1 Å². The molecule has 0 bridgehead atoms. The summed E-state index contributed by atoms with van der Waals surface area (Å²) in [7, 11) is 2.13. The number of amides is 1. The van der Waals surface area contributed by atoms with Gasteiger partial charge in [0.05, 0.1) is 37.4 Å². The van der Waals surface area contributed by atoms with Crippen LogP contribution in [-0.2, 0) is 17.8 Å². The number of aromatic nitrogens is 2. The van der Waals surface area contributed by atoms with Gasteiger partial charge in [-0.2, -0.15) is 15.2 Å². The van der Waals surface area contributed by atoms with Crippen molar-refractivity contribution in [1.29, 1.82) is 5.26 Å². The van der Waals surface area contributed by atoms with E-state index in [9.17, 15) is 15.2 Å². The Hall–Kier alpha value is -4.36. The lowest BCUT2D eigenvalue weighted by Crippen LogP contribution is -2.55. The van der Waals surface area contributed by atoms with Gasteiger partial charge in [-0.15, -0.1) is 0 Å². The van der Waals surface area contributed by atoms with Crippen molar-refractivity contribution in [1.82, 2.24) is 19.8 Å². The molecule has 3 aromatic rings. The number of hydrogen-bond acceptors (Lipinski definition) is 9. The molecule has 0 spiro atoms. The standard InChI is InChI=1S/C32H37N7O3/c1-3-30(41)39-15-14-38(19-24(39)8-11-33)31-27-10-13-37(29-17-25(40)16-23-6-4-5-7-26(23)29)20-28(27)34-32(35-31)42-21-22-9-12-36(2)18-22/h3-7,16-17,22,24,40H,1,8-10,12-15,18-21H2,2H3/t22-,24+/m1/s1. The summed E-state index contributed by atoms with van der Waals surface area (Å²) in [5.41, 5.74) is 2.94. The van der Waals surface area contributed by atoms with Crippen molar-refractivity contribution in [3.05, 3.63) is 60.3 Å². The predicted octanol–water partition coefficient (Wildman–Crippen LogP) is 3.35. The first kappa shape index (κ1) is 27.8. The van der Waals surface area contributed by atoms with E-state index in [1.807, 2.05) is 24.3 Å². The number of piperazine rings is 1. The second-order valence-corrected chi connectivity index (χ2v) is 11.5. The largest absolute Gasteiger partial charge is 0.508 e. The normalized spacial score (nSPS) is 20.8. The Balaban J connectivity index is 1.33. The molecular formula is C32H37N7O3. The molecule has 3 aliphatic heterocycles. The fourth-order valence-electron chi connectivity index (χ4n) is 6.55. The molecule has 0 aliphatic carbocycles. The molecule has 2 saturated heterocycles. The monoisotopic (exact) mass is 567 g/mol. The second-order valence-electron chi connectivity index (χ2n) is 11.5. The van der Waals surface area contributed by atoms with Crippen LogP contribution in [0.5, 0.6) is 11.8 Å². The molecule has 2 fully saturated rings. The summed E-state index contributed by atoms with van der Waals surface area (Å²) in [6.07, 6.45) is 3.36. The molecule has 1 aromatic heterocycles. The molecule has 4 heterocycles. The molecule has 42 heavy (non-hydrogen) atoms. The van der Waals surface area contributed by atoms with E-state index < -0.39 is 0 Å². The number of carbonyl (C=O) groups excluding carboxylic acids is 1. The third kappa shape index (κ3) is 5.57. The van der Waals surface area contributed by atoms with Crippen molar-refractivity contribution >= 4 is 28.2 Å². The first-order chi connectivity index (χ1) is 20.4. The highest BCUT2D eigenvalue weighted by molar-refractivity contribution is 5.95. The molecule has 0 saturated carbocycles. The zero-order valence-corrected chi connectivity index (χ0v) is 24.1. The van der Waals surface area contributed by atoms with Crippen LogP contribution in [0.25, 0.3) is 10.8 Å². The second kappa shape index (κ2) is 11.9. The summed E-state index contributed by atoms with van der Waals surface area (Å²) in [6.45, 7) is 9.13. The number of hydrogen-bond donors (Lipinski definition) is 1. The maximum absolute atomic E-state index is 12.5. The van der Waals surface area contributed by atoms with E-state index >= 15 is 0 Å². The number of nitrogens with zero attached hydrogens (tertiary/aromatic N) is 7. The predicted molar refractivity (Wildman–Crippen MR) is 162 cm³/mol. The first-order valence-electron chi connectivity index (χ1n) is 14.7. The minimum Gasteiger partial charge on any atom is -0.508 e. The zero-order valence-electron chi connectivity index (χ0n) is 24.1. The van der Waals surface area contributed by atoms with E-state index in [4.69, 9.17) is 14.7 Å². The molecule has 2 atom stereocenters. The van der Waals surface area contributed by atoms with Crippen LogP contribution in [0.15, 0.2) is 49.1 Å². The van der Waals surface area contributed by atoms with Gasteiger partial charge < -0.3 is 29.4 Å². The summed E-state index contributed by atoms with van der Waals surface area (Å²) < 4.78 is 6.25. The SMILES string of the molecule is C=CC(=O)N1CCN(c2nc(OC[C@@H]3CCN(C)C3)nc3c2CCN(c2cc(O)cc4ccccc24)C3)C[C@@H]1CC#N. The number of rotatable bonds is 7. The summed E-state index contributed by atoms with van der Waals surface area (Å²) in [4.78, 5) is 30.9. The maximum Gasteiger partial charge on any atom is 0.318 e. The summed E-state index contributed by atoms with van der Waals surface area (Å²) in [6, 6.07) is 14.1. The molecule has 2 aromatic carbocycles. The van der Waals surface area contributed by atoms with Crippen LogP contribution in [-0.4, -0.2) is 89.7 Å². The van der Waals surface area contributed by atoms with Crippen LogP contribution < -0.4 is 14.5 Å². The number of aromatic hydroxyl groups is 1. The van der Waals surface area contributed by atoms with Crippen LogP contribution in [0, 0.1) is 17.2 Å². The smallest absolute Gasteiger partial charge is 0.318 e. The summed E-state index contributed by atoms with van der Waals surface area (Å²) >= 11 is 0. The van der Waals surface area contributed by atoms with E-state index in [-0.39, 0.29) is 24.1 Å². The number of benzene rings is 2. The van der Waals surface area contributed by atoms with Gasteiger partial charge in [0.25, 0.3) is 0 Å². The molecule has 0 unspecified atom stereocenters. The molecule has 0 radical (unpaired) electrons. The molecule has 218 valence electrons. The van der Waals surface area contributed by atoms with Gasteiger partial charge in [-0.1, -0.05) is 30.8 Å². The molecular weight excluding hydrogens is 530 g/mol. The average Bonchev–Trinajstić information content (AvgIpc) is 3.43. The maximum atomic E-state index is 12.5. The Labute approximate surface area is 246 Å². The minimum absolute atomic E-state index is 0.154. The van der Waals surface area contributed by atoms with Crippen molar-refractivity contribution in [3.63, 3.8) is 0 Å². The Bertz CT molecular complexity index is 1540. The van der Waals surface area contributed by atoms with Crippen molar-refractivity contribution in [2.45, 2.75) is 31.8 Å². The van der Waals surface area contributed by atoms with Gasteiger partial charge >= 0.3 is 6.01 Å². The number of nitriles is 1. The molecule has 1 amide bonds. The number of likely N-dealkylation sites (tertiary alicyclic amines) is 1. The van der Waals surface area contributed by atoms with Gasteiger partial charge in [-0.3, -0.25) is 4.79 Å². The fraction of sp³-hybridized carbons (Fsp3) is 0.438. The number of fused-ring (bicyclic) bond motifs is 2. The van der Waals surface area contributed by atoms with Crippen molar-refractivity contribution < 1.29 is 14.6 Å². The Kier molecular flexibility index (Phi) is 7.85. The highest BCUT2D eigenvalue weighted by atomic mass is 16.5. The van der Waals surface area contributed by atoms with Crippen LogP contribution in [0.3, 0.4) is 0 Å². The van der Waals surface area contributed by atoms with Gasteiger partial charge in [-0.25, -0.2) is 0 Å². The van der Waals surface area contributed by atoms with Crippen molar-refractivity contribution in [3.8, 4) is 17.8 Å². The third-order valence-electron chi connectivity index (χ3n) is 8.69. The van der Waals surface area contributed by atoms with Gasteiger partial charge in [0.1, 0.15) is 11.6 Å². The molecule has 6 rings (SSSR count). The molecule has 10 heteroatoms. The molecule has 3 aliphatic rings. The lowest BCUT2D eigenvalue weighted by atomic mass is 10.0. The van der Waals surface area contributed by atoms with E-state index in [1.165, 1.54) is 6.08 Å². The Morgan fingerprint density at radius 1 is 1.17 bits per heavy atom. The Morgan fingerprint density at radius 3 is 2.81 bits per heavy atom. The van der Waals surface area contributed by atoms with E-state index in [1.54, 1.807) is 11.0 Å². The quantitative estimate of drug-likeness (QED) is 0.430. The fourth-order valence-corrected chi connectivity index (χ4v) is 6.55. The van der Waals surface area contributed by atoms with Gasteiger partial charge in [0, 0.05) is 61.3 Å². The molecule has 10 nitrogen and oxygen atoms in total. The van der Waals surface area contributed by atoms with Crippen molar-refractivity contribution in [2.24, 2.45) is 5.92 Å². The number of ether oxygens (including phenoxy) is 1. The highest BCUT2D eigenvalue weighted by Crippen LogP contribution is 2.37. The first-order valence-corrected chi connectivity index (χ1v) is 14.7. The molecule has 1 N–H and O–H groups in total. The zero-order chi connectivity index (χ0) is 29.2. The van der Waals surface area contributed by atoms with Gasteiger partial charge in [0.15, 0.2) is 0 Å². The minimum atomic E-state index is -0.253. The average molecular weight is 568 g/mol. The van der Waals surface area contributed by atoms with Crippen LogP contribution in [0.4, 0.5) is 11.5 Å². The number of carbonyl (C=O) groups is 1. The lowest BCUT2D eigenvalue weighted by molar-refractivity contribution is -0.128. The van der Waals surface area contributed by atoms with Gasteiger partial charge in [-0.05, 0) is 44.0 Å². The number of anilines is 2. The topological polar surface area (TPSA) is 109 Å². The van der Waals surface area contributed by atoms with Gasteiger partial charge in [0.2, 0.25) is 5.91 Å². The number of phenols is 1. The van der Waals surface area contributed by atoms with E-state index in [2.05, 4.69) is 40.5 Å². The number of phenolic OH excluding ortho intramolecular Hbond substituents is 1. The van der Waals surface area contributed by atoms with E-state index in [0.717, 1.165) is 66.0 Å². The Morgan fingerprint density at radius 2 is 2.02 bits per heavy atom. The lowest BCUT2D eigenvalue weighted by Gasteiger charge is -2.42.